The van der Waals surface area contributed by atoms with E-state index in [9.17, 15) is 4.79 Å². The van der Waals surface area contributed by atoms with Crippen LogP contribution in [0.15, 0.2) is 94.2 Å². The van der Waals surface area contributed by atoms with Crippen LogP contribution >= 0.6 is 15.9 Å². The lowest BCUT2D eigenvalue weighted by atomic mass is 10.1. The van der Waals surface area contributed by atoms with Crippen molar-refractivity contribution in [3.05, 3.63) is 99.8 Å². The number of aromatic nitrogens is 1. The second-order valence-electron chi connectivity index (χ2n) is 5.55. The van der Waals surface area contributed by atoms with Gasteiger partial charge >= 0.3 is 0 Å². The number of fused-ring (bicyclic) bond motifs is 1. The fraction of sp³-hybridized carbons (Fsp3) is 0. The van der Waals surface area contributed by atoms with E-state index in [0.717, 1.165) is 26.8 Å². The highest BCUT2D eigenvalue weighted by Crippen LogP contribution is 2.34. The monoisotopic (exact) mass is 375 g/mol. The second-order valence-corrected chi connectivity index (χ2v) is 6.34. The number of halogens is 1. The van der Waals surface area contributed by atoms with Gasteiger partial charge in [0.05, 0.1) is 10.2 Å². The minimum Gasteiger partial charge on any atom is -0.275 e. The number of hydrogen-bond donors (Lipinski definition) is 0. The van der Waals surface area contributed by atoms with Crippen LogP contribution in [-0.2, 0) is 0 Å². The SMILES string of the molecule is O=c1c2ccccc2c(Br)c(-c2ccccc2)n1-c1ccccc1. The van der Waals surface area contributed by atoms with Crippen LogP contribution in [0, 0.1) is 0 Å². The smallest absolute Gasteiger partial charge is 0.263 e. The first-order chi connectivity index (χ1) is 11.8. The number of benzene rings is 3. The van der Waals surface area contributed by atoms with Gasteiger partial charge in [-0.15, -0.1) is 0 Å². The molecule has 0 aliphatic heterocycles. The van der Waals surface area contributed by atoms with Crippen molar-refractivity contribution in [2.75, 3.05) is 0 Å². The molecule has 0 N–H and O–H groups in total. The predicted octanol–water partition coefficient (Wildman–Crippen LogP) is 5.42. The van der Waals surface area contributed by atoms with Gasteiger partial charge in [0.1, 0.15) is 0 Å². The molecule has 24 heavy (non-hydrogen) atoms. The molecule has 0 unspecified atom stereocenters. The fourth-order valence-electron chi connectivity index (χ4n) is 2.98. The Morgan fingerprint density at radius 3 is 1.88 bits per heavy atom. The van der Waals surface area contributed by atoms with E-state index in [-0.39, 0.29) is 5.56 Å². The maximum absolute atomic E-state index is 13.2. The summed E-state index contributed by atoms with van der Waals surface area (Å²) < 4.78 is 2.70. The molecule has 2 nitrogen and oxygen atoms in total. The summed E-state index contributed by atoms with van der Waals surface area (Å²) in [5.74, 6) is 0. The molecule has 0 amide bonds. The van der Waals surface area contributed by atoms with Crippen molar-refractivity contribution in [3.8, 4) is 16.9 Å². The summed E-state index contributed by atoms with van der Waals surface area (Å²) in [4.78, 5) is 13.2. The lowest BCUT2D eigenvalue weighted by molar-refractivity contribution is 1.01. The molecule has 0 bridgehead atoms. The van der Waals surface area contributed by atoms with Crippen LogP contribution < -0.4 is 5.56 Å². The molecule has 4 rings (SSSR count). The summed E-state index contributed by atoms with van der Waals surface area (Å²) in [6, 6.07) is 27.4. The van der Waals surface area contributed by atoms with Gasteiger partial charge in [-0.3, -0.25) is 9.36 Å². The Hall–Kier alpha value is -2.65. The molecule has 0 saturated heterocycles. The summed E-state index contributed by atoms with van der Waals surface area (Å²) in [5.41, 5.74) is 2.70. The minimum atomic E-state index is -0.0150. The van der Waals surface area contributed by atoms with Gasteiger partial charge in [0.25, 0.3) is 5.56 Å². The van der Waals surface area contributed by atoms with E-state index in [4.69, 9.17) is 0 Å². The molecular formula is C21H14BrNO. The molecular weight excluding hydrogens is 362 g/mol. The second kappa shape index (κ2) is 6.10. The molecule has 0 fully saturated rings. The summed E-state index contributed by atoms with van der Waals surface area (Å²) in [7, 11) is 0. The summed E-state index contributed by atoms with van der Waals surface area (Å²) >= 11 is 3.74. The third-order valence-corrected chi connectivity index (χ3v) is 4.89. The van der Waals surface area contributed by atoms with E-state index < -0.39 is 0 Å². The van der Waals surface area contributed by atoms with Gasteiger partial charge in [-0.05, 0) is 39.7 Å². The van der Waals surface area contributed by atoms with Crippen LogP contribution in [0.1, 0.15) is 0 Å². The molecule has 0 atom stereocenters. The molecule has 1 aromatic heterocycles. The number of pyridine rings is 1. The van der Waals surface area contributed by atoms with Crippen LogP contribution in [0.4, 0.5) is 0 Å². The first-order valence-electron chi connectivity index (χ1n) is 7.71. The first kappa shape index (κ1) is 14.9. The van der Waals surface area contributed by atoms with Crippen LogP contribution in [0.5, 0.6) is 0 Å². The highest BCUT2D eigenvalue weighted by atomic mass is 79.9. The normalized spacial score (nSPS) is 10.9. The highest BCUT2D eigenvalue weighted by molar-refractivity contribution is 9.10. The van der Waals surface area contributed by atoms with E-state index in [1.165, 1.54) is 0 Å². The van der Waals surface area contributed by atoms with Gasteiger partial charge in [0.2, 0.25) is 0 Å². The van der Waals surface area contributed by atoms with E-state index in [1.54, 1.807) is 4.57 Å². The van der Waals surface area contributed by atoms with E-state index in [0.29, 0.717) is 5.39 Å². The maximum atomic E-state index is 13.2. The zero-order valence-electron chi connectivity index (χ0n) is 12.8. The molecule has 3 heteroatoms. The van der Waals surface area contributed by atoms with Crippen LogP contribution in [0.3, 0.4) is 0 Å². The lowest BCUT2D eigenvalue weighted by Gasteiger charge is -2.17. The largest absolute Gasteiger partial charge is 0.275 e. The lowest BCUT2D eigenvalue weighted by Crippen LogP contribution is -2.21. The van der Waals surface area contributed by atoms with Crippen molar-refractivity contribution in [1.29, 1.82) is 0 Å². The summed E-state index contributed by atoms with van der Waals surface area (Å²) in [5, 5.41) is 1.63. The Labute approximate surface area is 148 Å². The van der Waals surface area contributed by atoms with Gasteiger partial charge in [-0.1, -0.05) is 66.7 Å². The van der Waals surface area contributed by atoms with E-state index >= 15 is 0 Å². The number of rotatable bonds is 2. The van der Waals surface area contributed by atoms with Gasteiger partial charge in [0, 0.05) is 16.5 Å². The Balaban J connectivity index is 2.21. The van der Waals surface area contributed by atoms with Crippen molar-refractivity contribution in [3.63, 3.8) is 0 Å². The van der Waals surface area contributed by atoms with E-state index in [1.807, 2.05) is 84.9 Å². The fourth-order valence-corrected chi connectivity index (χ4v) is 3.74. The third kappa shape index (κ3) is 2.38. The van der Waals surface area contributed by atoms with Gasteiger partial charge in [0.15, 0.2) is 0 Å². The van der Waals surface area contributed by atoms with Crippen LogP contribution in [0.2, 0.25) is 0 Å². The predicted molar refractivity (Wildman–Crippen MR) is 103 cm³/mol. The van der Waals surface area contributed by atoms with Crippen LogP contribution in [0.25, 0.3) is 27.7 Å². The zero-order valence-corrected chi connectivity index (χ0v) is 14.4. The standard InChI is InChI=1S/C21H14BrNO/c22-19-17-13-7-8-14-18(17)21(24)23(16-11-5-2-6-12-16)20(19)15-9-3-1-4-10-15/h1-14H. The summed E-state index contributed by atoms with van der Waals surface area (Å²) in [6.45, 7) is 0. The Bertz CT molecular complexity index is 1070. The first-order valence-corrected chi connectivity index (χ1v) is 8.51. The van der Waals surface area contributed by atoms with E-state index in [2.05, 4.69) is 15.9 Å². The Morgan fingerprint density at radius 2 is 1.21 bits per heavy atom. The topological polar surface area (TPSA) is 22.0 Å². The highest BCUT2D eigenvalue weighted by Gasteiger charge is 2.17. The van der Waals surface area contributed by atoms with Gasteiger partial charge < -0.3 is 0 Å². The average molecular weight is 376 g/mol. The molecule has 4 aromatic rings. The molecule has 0 spiro atoms. The Morgan fingerprint density at radius 1 is 0.667 bits per heavy atom. The molecule has 0 radical (unpaired) electrons. The Kier molecular flexibility index (Phi) is 3.79. The number of hydrogen-bond acceptors (Lipinski definition) is 1. The number of nitrogens with zero attached hydrogens (tertiary/aromatic N) is 1. The van der Waals surface area contributed by atoms with Crippen molar-refractivity contribution >= 4 is 26.7 Å². The average Bonchev–Trinajstić information content (AvgIpc) is 2.66. The maximum Gasteiger partial charge on any atom is 0.263 e. The summed E-state index contributed by atoms with van der Waals surface area (Å²) in [6.07, 6.45) is 0. The minimum absolute atomic E-state index is 0.0150. The van der Waals surface area contributed by atoms with Crippen LogP contribution in [-0.4, -0.2) is 4.57 Å². The molecule has 3 aromatic carbocycles. The van der Waals surface area contributed by atoms with Crippen molar-refractivity contribution < 1.29 is 0 Å². The van der Waals surface area contributed by atoms with Crippen molar-refractivity contribution in [2.24, 2.45) is 0 Å². The molecule has 0 saturated carbocycles. The number of para-hydroxylation sites is 1. The quantitative estimate of drug-likeness (QED) is 0.458. The molecule has 0 aliphatic carbocycles. The van der Waals surface area contributed by atoms with Crippen molar-refractivity contribution in [2.45, 2.75) is 0 Å². The van der Waals surface area contributed by atoms with Gasteiger partial charge in [-0.2, -0.15) is 0 Å². The zero-order chi connectivity index (χ0) is 16.5. The van der Waals surface area contributed by atoms with Gasteiger partial charge in [-0.25, -0.2) is 0 Å². The van der Waals surface area contributed by atoms with Crippen molar-refractivity contribution in [1.82, 2.24) is 4.57 Å². The molecule has 0 aliphatic rings. The third-order valence-electron chi connectivity index (χ3n) is 4.09. The molecule has 1 heterocycles. The molecule has 116 valence electrons.